The van der Waals surface area contributed by atoms with Gasteiger partial charge in [0.2, 0.25) is 0 Å². The average molecular weight is 474 g/mol. The first-order valence-electron chi connectivity index (χ1n) is 9.25. The Hall–Kier alpha value is -1.95. The number of carbonyl (C=O) groups excluding carboxylic acids is 1. The van der Waals surface area contributed by atoms with E-state index in [4.69, 9.17) is 9.84 Å². The van der Waals surface area contributed by atoms with Gasteiger partial charge in [0.25, 0.3) is 0 Å². The van der Waals surface area contributed by atoms with Crippen molar-refractivity contribution in [1.82, 2.24) is 0 Å². The lowest BCUT2D eigenvalue weighted by atomic mass is 9.97. The van der Waals surface area contributed by atoms with E-state index in [2.05, 4.69) is 0 Å². The van der Waals surface area contributed by atoms with E-state index in [0.29, 0.717) is 12.8 Å². The first-order valence-corrected chi connectivity index (χ1v) is 9.25. The van der Waals surface area contributed by atoms with Gasteiger partial charge in [-0.2, -0.15) is 39.5 Å². The number of hydrogen-bond donors (Lipinski definition) is 1. The van der Waals surface area contributed by atoms with Crippen LogP contribution in [0.3, 0.4) is 0 Å². The fraction of sp³-hybridized carbons (Fsp3) is 0.778. The van der Waals surface area contributed by atoms with Crippen LogP contribution in [0.15, 0.2) is 11.6 Å². The molecule has 0 rings (SSSR count). The molecule has 0 fully saturated rings. The van der Waals surface area contributed by atoms with Crippen molar-refractivity contribution in [3.8, 4) is 0 Å². The minimum absolute atomic E-state index is 0.0471. The lowest BCUT2D eigenvalue weighted by molar-refractivity contribution is -0.396. The Morgan fingerprint density at radius 2 is 1.52 bits per heavy atom. The first kappa shape index (κ1) is 29.1. The molecule has 4 nitrogen and oxygen atoms in total. The van der Waals surface area contributed by atoms with Gasteiger partial charge in [0.05, 0.1) is 6.61 Å². The van der Waals surface area contributed by atoms with E-state index < -0.39 is 54.3 Å². The van der Waals surface area contributed by atoms with Gasteiger partial charge in [-0.05, 0) is 18.8 Å². The highest BCUT2D eigenvalue weighted by molar-refractivity contribution is 5.95. The highest BCUT2D eigenvalue weighted by atomic mass is 19.4. The van der Waals surface area contributed by atoms with E-state index in [1.807, 2.05) is 6.92 Å². The maximum atomic E-state index is 13.6. The van der Waals surface area contributed by atoms with Gasteiger partial charge in [-0.25, -0.2) is 9.59 Å². The molecule has 0 saturated carbocycles. The van der Waals surface area contributed by atoms with E-state index in [-0.39, 0.29) is 18.6 Å². The predicted molar refractivity (Wildman–Crippen MR) is 90.1 cm³/mol. The smallest absolute Gasteiger partial charge is 0.460 e. The van der Waals surface area contributed by atoms with Crippen molar-refractivity contribution < 1.29 is 58.9 Å². The topological polar surface area (TPSA) is 63.6 Å². The lowest BCUT2D eigenvalue weighted by Gasteiger charge is -2.33. The maximum Gasteiger partial charge on any atom is 0.460 e. The normalized spacial score (nSPS) is 15.0. The van der Waals surface area contributed by atoms with Crippen molar-refractivity contribution in [3.05, 3.63) is 11.6 Å². The standard InChI is InChI=1S/C18H23F9O4/c1-3-5-6-11(4-2)10-31-14(30)12(9-13(28)29)7-8-15(19,20)16(21,22)17(23,24)18(25,26)27/h9,11H,3-8,10H2,1-2H3,(H,28,29). The molecule has 0 aromatic carbocycles. The maximum absolute atomic E-state index is 13.6. The van der Waals surface area contributed by atoms with Crippen LogP contribution >= 0.6 is 0 Å². The molecule has 1 atom stereocenters. The summed E-state index contributed by atoms with van der Waals surface area (Å²) in [5.41, 5.74) is -1.08. The number of halogens is 9. The van der Waals surface area contributed by atoms with Crippen molar-refractivity contribution in [2.75, 3.05) is 6.61 Å². The SMILES string of the molecule is CCCCC(CC)COC(=O)C(=CC(=O)O)CCC(F)(F)C(F)(F)C(F)(F)C(F)(F)F. The third-order valence-electron chi connectivity index (χ3n) is 4.47. The minimum atomic E-state index is -7.06. The van der Waals surface area contributed by atoms with Crippen molar-refractivity contribution in [3.63, 3.8) is 0 Å². The van der Waals surface area contributed by atoms with Crippen LogP contribution in [0.4, 0.5) is 39.5 Å². The molecule has 0 aliphatic heterocycles. The number of alkyl halides is 9. The summed E-state index contributed by atoms with van der Waals surface area (Å²) in [5, 5.41) is 8.71. The highest BCUT2D eigenvalue weighted by Gasteiger charge is 2.81. The molecule has 0 spiro atoms. The Kier molecular flexibility index (Phi) is 10.4. The average Bonchev–Trinajstić information content (AvgIpc) is 2.63. The zero-order valence-corrected chi connectivity index (χ0v) is 16.7. The van der Waals surface area contributed by atoms with Crippen LogP contribution in [-0.4, -0.2) is 47.6 Å². The monoisotopic (exact) mass is 474 g/mol. The molecule has 0 aromatic heterocycles. The van der Waals surface area contributed by atoms with Crippen LogP contribution in [-0.2, 0) is 14.3 Å². The largest absolute Gasteiger partial charge is 0.478 e. The number of aliphatic carboxylic acids is 1. The van der Waals surface area contributed by atoms with Crippen molar-refractivity contribution in [1.29, 1.82) is 0 Å². The Balaban J connectivity index is 5.43. The molecule has 0 bridgehead atoms. The second kappa shape index (κ2) is 11.1. The number of rotatable bonds is 13. The number of unbranched alkanes of at least 4 members (excludes halogenated alkanes) is 1. The molecule has 0 amide bonds. The van der Waals surface area contributed by atoms with Gasteiger partial charge < -0.3 is 9.84 Å². The number of hydrogen-bond acceptors (Lipinski definition) is 3. The third kappa shape index (κ3) is 7.60. The molecule has 31 heavy (non-hydrogen) atoms. The number of carboxylic acid groups (broad SMARTS) is 1. The molecule has 13 heteroatoms. The van der Waals surface area contributed by atoms with Gasteiger partial charge in [0.15, 0.2) is 0 Å². The van der Waals surface area contributed by atoms with Gasteiger partial charge >= 0.3 is 35.9 Å². The number of esters is 1. The summed E-state index contributed by atoms with van der Waals surface area (Å²) in [6.07, 6.45) is -8.06. The number of ether oxygens (including phenoxy) is 1. The first-order chi connectivity index (χ1) is 13.9. The van der Waals surface area contributed by atoms with Crippen LogP contribution in [0.1, 0.15) is 52.4 Å². The molecule has 0 saturated heterocycles. The second-order valence-electron chi connectivity index (χ2n) is 6.87. The molecule has 0 aromatic rings. The predicted octanol–water partition coefficient (Wildman–Crippen LogP) is 6.01. The van der Waals surface area contributed by atoms with E-state index in [0.717, 1.165) is 12.8 Å². The summed E-state index contributed by atoms with van der Waals surface area (Å²) in [7, 11) is 0. The van der Waals surface area contributed by atoms with Crippen molar-refractivity contribution in [2.24, 2.45) is 5.92 Å². The second-order valence-corrected chi connectivity index (χ2v) is 6.87. The van der Waals surface area contributed by atoms with E-state index in [1.54, 1.807) is 6.92 Å². The van der Waals surface area contributed by atoms with Gasteiger partial charge in [-0.15, -0.1) is 0 Å². The third-order valence-corrected chi connectivity index (χ3v) is 4.47. The summed E-state index contributed by atoms with van der Waals surface area (Å²) in [5.74, 6) is -23.3. The zero-order valence-electron chi connectivity index (χ0n) is 16.7. The minimum Gasteiger partial charge on any atom is -0.478 e. The molecule has 0 aliphatic rings. The van der Waals surface area contributed by atoms with Gasteiger partial charge in [0, 0.05) is 18.1 Å². The summed E-state index contributed by atoms with van der Waals surface area (Å²) < 4.78 is 121. The summed E-state index contributed by atoms with van der Waals surface area (Å²) in [4.78, 5) is 22.8. The molecule has 1 N–H and O–H groups in total. The highest BCUT2D eigenvalue weighted by Crippen LogP contribution is 2.54. The fourth-order valence-electron chi connectivity index (χ4n) is 2.42. The van der Waals surface area contributed by atoms with Crippen molar-refractivity contribution in [2.45, 2.75) is 76.3 Å². The van der Waals surface area contributed by atoms with Crippen LogP contribution in [0, 0.1) is 5.92 Å². The quantitative estimate of drug-likeness (QED) is 0.202. The van der Waals surface area contributed by atoms with Crippen LogP contribution < -0.4 is 0 Å². The van der Waals surface area contributed by atoms with Crippen molar-refractivity contribution >= 4 is 11.9 Å². The molecular weight excluding hydrogens is 451 g/mol. The molecule has 0 heterocycles. The molecule has 0 radical (unpaired) electrons. The number of carbonyl (C=O) groups is 2. The van der Waals surface area contributed by atoms with Gasteiger partial charge in [-0.1, -0.05) is 33.1 Å². The van der Waals surface area contributed by atoms with E-state index in [9.17, 15) is 49.1 Å². The summed E-state index contributed by atoms with van der Waals surface area (Å²) in [6, 6.07) is 0. The zero-order chi connectivity index (χ0) is 24.7. The molecule has 182 valence electrons. The Morgan fingerprint density at radius 1 is 0.968 bits per heavy atom. The van der Waals surface area contributed by atoms with Gasteiger partial charge in [-0.3, -0.25) is 0 Å². The lowest BCUT2D eigenvalue weighted by Crippen LogP contribution is -2.60. The summed E-state index contributed by atoms with van der Waals surface area (Å²) in [6.45, 7) is 3.40. The van der Waals surface area contributed by atoms with E-state index >= 15 is 0 Å². The van der Waals surface area contributed by atoms with Gasteiger partial charge in [0.1, 0.15) is 0 Å². The fourth-order valence-corrected chi connectivity index (χ4v) is 2.42. The van der Waals surface area contributed by atoms with E-state index in [1.165, 1.54) is 0 Å². The Morgan fingerprint density at radius 3 is 1.94 bits per heavy atom. The van der Waals surface area contributed by atoms with Crippen LogP contribution in [0.5, 0.6) is 0 Å². The van der Waals surface area contributed by atoms with Crippen LogP contribution in [0.2, 0.25) is 0 Å². The number of carboxylic acids is 1. The molecular formula is C18H23F9O4. The molecule has 0 aliphatic carbocycles. The molecule has 1 unspecified atom stereocenters. The van der Waals surface area contributed by atoms with Crippen LogP contribution in [0.25, 0.3) is 0 Å². The summed E-state index contributed by atoms with van der Waals surface area (Å²) >= 11 is 0. The Labute approximate surface area is 172 Å². The Bertz CT molecular complexity index is 642.